The number of benzene rings is 2. The van der Waals surface area contributed by atoms with Gasteiger partial charge < -0.3 is 20.0 Å². The van der Waals surface area contributed by atoms with Gasteiger partial charge in [0.2, 0.25) is 0 Å². The summed E-state index contributed by atoms with van der Waals surface area (Å²) in [4.78, 5) is 37.8. The van der Waals surface area contributed by atoms with Crippen LogP contribution >= 0.6 is 0 Å². The zero-order valence-corrected chi connectivity index (χ0v) is 18.1. The van der Waals surface area contributed by atoms with Crippen molar-refractivity contribution in [1.82, 2.24) is 0 Å². The van der Waals surface area contributed by atoms with E-state index in [2.05, 4.69) is 0 Å². The molecule has 1 fully saturated rings. The maximum atomic E-state index is 12.8. The van der Waals surface area contributed by atoms with Crippen LogP contribution in [0.15, 0.2) is 59.7 Å². The molecule has 0 bridgehead atoms. The Morgan fingerprint density at radius 1 is 0.750 bits per heavy atom. The first kappa shape index (κ1) is 22.8. The van der Waals surface area contributed by atoms with Crippen molar-refractivity contribution in [2.45, 2.75) is 12.8 Å². The summed E-state index contributed by atoms with van der Waals surface area (Å²) >= 11 is 0. The summed E-state index contributed by atoms with van der Waals surface area (Å²) in [6.45, 7) is -0.159. The summed E-state index contributed by atoms with van der Waals surface area (Å²) in [6.07, 6.45) is 5.11. The Morgan fingerprint density at radius 2 is 1.09 bits per heavy atom. The number of carboxylic acid groups (broad SMARTS) is 2. The summed E-state index contributed by atoms with van der Waals surface area (Å²) in [5.41, 5.74) is 4.89. The molecule has 0 atom stereocenters. The Hall–Kier alpha value is -3.87. The van der Waals surface area contributed by atoms with Gasteiger partial charge in [-0.25, -0.2) is 0 Å². The zero-order chi connectivity index (χ0) is 23.3. The number of carbonyl (C=O) groups excluding carboxylic acids is 1. The first-order valence-corrected chi connectivity index (χ1v) is 10.2. The predicted octanol–water partition coefficient (Wildman–Crippen LogP) is 3.56. The maximum absolute atomic E-state index is 12.8. The number of nitrogens with zero attached hydrogens (tertiary/aromatic N) is 2. The molecule has 3 rings (SSSR count). The van der Waals surface area contributed by atoms with E-state index in [0.29, 0.717) is 12.8 Å². The molecular weight excluding hydrogens is 408 g/mol. The molecule has 7 heteroatoms. The molecule has 1 aliphatic rings. The van der Waals surface area contributed by atoms with Gasteiger partial charge in [-0.2, -0.15) is 0 Å². The molecule has 0 unspecified atom stereocenters. The molecule has 166 valence electrons. The quantitative estimate of drug-likeness (QED) is 0.613. The molecule has 2 aromatic carbocycles. The number of hydrogen-bond donors (Lipinski definition) is 2. The van der Waals surface area contributed by atoms with E-state index in [1.165, 1.54) is 0 Å². The topological polar surface area (TPSA) is 98.2 Å². The van der Waals surface area contributed by atoms with E-state index >= 15 is 0 Å². The molecule has 0 amide bonds. The lowest BCUT2D eigenvalue weighted by Crippen LogP contribution is -2.24. The molecule has 2 aromatic rings. The normalized spacial score (nSPS) is 15.9. The van der Waals surface area contributed by atoms with Crippen LogP contribution in [0.3, 0.4) is 0 Å². The Bertz CT molecular complexity index is 983. The van der Waals surface area contributed by atoms with E-state index in [4.69, 9.17) is 10.2 Å². The third-order valence-corrected chi connectivity index (χ3v) is 5.34. The van der Waals surface area contributed by atoms with Gasteiger partial charge >= 0.3 is 11.9 Å². The molecule has 1 saturated carbocycles. The number of rotatable bonds is 8. The summed E-state index contributed by atoms with van der Waals surface area (Å²) in [5, 5.41) is 17.8. The number of aliphatic carboxylic acids is 2. The van der Waals surface area contributed by atoms with Crippen molar-refractivity contribution in [3.05, 3.63) is 70.8 Å². The molecule has 0 spiro atoms. The van der Waals surface area contributed by atoms with Crippen LogP contribution in [0.1, 0.15) is 24.0 Å². The molecule has 32 heavy (non-hydrogen) atoms. The smallest absolute Gasteiger partial charge is 0.323 e. The van der Waals surface area contributed by atoms with Crippen molar-refractivity contribution < 1.29 is 24.6 Å². The van der Waals surface area contributed by atoms with Crippen molar-refractivity contribution in [2.24, 2.45) is 0 Å². The highest BCUT2D eigenvalue weighted by Crippen LogP contribution is 2.30. The van der Waals surface area contributed by atoms with Crippen LogP contribution in [0.2, 0.25) is 0 Å². The number of Topliss-reactive ketones (excluding diaryl/α,β-unsaturated/α-hetero) is 1. The van der Waals surface area contributed by atoms with E-state index in [1.54, 1.807) is 23.9 Å². The van der Waals surface area contributed by atoms with Crippen LogP contribution in [-0.4, -0.2) is 55.1 Å². The van der Waals surface area contributed by atoms with Crippen LogP contribution < -0.4 is 9.80 Å². The van der Waals surface area contributed by atoms with Gasteiger partial charge in [0.05, 0.1) is 0 Å². The van der Waals surface area contributed by atoms with E-state index in [9.17, 15) is 14.4 Å². The summed E-state index contributed by atoms with van der Waals surface area (Å²) in [5.74, 6) is -1.75. The second-order valence-corrected chi connectivity index (χ2v) is 7.85. The van der Waals surface area contributed by atoms with Gasteiger partial charge in [0.15, 0.2) is 5.78 Å². The van der Waals surface area contributed by atoms with Crippen molar-refractivity contribution in [2.75, 3.05) is 37.0 Å². The Labute approximate surface area is 186 Å². The molecule has 2 N–H and O–H groups in total. The van der Waals surface area contributed by atoms with Crippen molar-refractivity contribution in [3.8, 4) is 0 Å². The minimum atomic E-state index is -0.892. The fourth-order valence-corrected chi connectivity index (χ4v) is 3.62. The SMILES string of the molecule is CN(CC(=O)O)c1ccc(/C=C2\CC/C(=C\c3ccc(N(C)CC(=O)O)cc3)C2=O)cc1. The number of allylic oxidation sites excluding steroid dienone is 2. The standard InChI is InChI=1S/C25H26N2O5/c1-26(15-23(28)29)21-9-3-17(4-10-21)13-19-7-8-20(25(19)32)14-18-5-11-22(12-6-18)27(2)16-24(30)31/h3-6,9-14H,7-8,15-16H2,1-2H3,(H,28,29)(H,30,31)/b19-13+,20-14+. The highest BCUT2D eigenvalue weighted by Gasteiger charge is 2.23. The number of ketones is 1. The van der Waals surface area contributed by atoms with Crippen molar-refractivity contribution >= 4 is 41.2 Å². The Morgan fingerprint density at radius 3 is 1.41 bits per heavy atom. The number of hydrogen-bond acceptors (Lipinski definition) is 5. The lowest BCUT2D eigenvalue weighted by atomic mass is 10.1. The molecule has 7 nitrogen and oxygen atoms in total. The molecule has 1 aliphatic carbocycles. The van der Waals surface area contributed by atoms with Gasteiger partial charge in [0.1, 0.15) is 13.1 Å². The third-order valence-electron chi connectivity index (χ3n) is 5.34. The van der Waals surface area contributed by atoms with Gasteiger partial charge in [-0.15, -0.1) is 0 Å². The predicted molar refractivity (Wildman–Crippen MR) is 125 cm³/mol. The van der Waals surface area contributed by atoms with Gasteiger partial charge in [-0.1, -0.05) is 24.3 Å². The van der Waals surface area contributed by atoms with Gasteiger partial charge in [0, 0.05) is 36.6 Å². The molecule has 0 aromatic heterocycles. The highest BCUT2D eigenvalue weighted by molar-refractivity contribution is 6.15. The third kappa shape index (κ3) is 5.85. The van der Waals surface area contributed by atoms with Crippen LogP contribution in [0, 0.1) is 0 Å². The van der Waals surface area contributed by atoms with Gasteiger partial charge in [-0.05, 0) is 60.4 Å². The van der Waals surface area contributed by atoms with Crippen LogP contribution in [0.5, 0.6) is 0 Å². The minimum absolute atomic E-state index is 0.0316. The first-order chi connectivity index (χ1) is 15.2. The van der Waals surface area contributed by atoms with E-state index in [0.717, 1.165) is 33.6 Å². The van der Waals surface area contributed by atoms with Gasteiger partial charge in [-0.3, -0.25) is 14.4 Å². The van der Waals surface area contributed by atoms with Crippen molar-refractivity contribution in [1.29, 1.82) is 0 Å². The Balaban J connectivity index is 1.68. The van der Waals surface area contributed by atoms with E-state index in [-0.39, 0.29) is 18.9 Å². The second kappa shape index (κ2) is 9.96. The second-order valence-electron chi connectivity index (χ2n) is 7.85. The summed E-state index contributed by atoms with van der Waals surface area (Å²) in [6, 6.07) is 14.9. The highest BCUT2D eigenvalue weighted by atomic mass is 16.4. The number of carbonyl (C=O) groups is 3. The van der Waals surface area contributed by atoms with E-state index in [1.807, 2.05) is 60.7 Å². The average molecular weight is 434 g/mol. The number of carboxylic acids is 2. The van der Waals surface area contributed by atoms with Gasteiger partial charge in [0.25, 0.3) is 0 Å². The fraction of sp³-hybridized carbons (Fsp3) is 0.240. The minimum Gasteiger partial charge on any atom is -0.480 e. The van der Waals surface area contributed by atoms with Crippen LogP contribution in [0.25, 0.3) is 12.2 Å². The molecule has 0 aliphatic heterocycles. The van der Waals surface area contributed by atoms with E-state index < -0.39 is 11.9 Å². The van der Waals surface area contributed by atoms with Crippen molar-refractivity contribution in [3.63, 3.8) is 0 Å². The maximum Gasteiger partial charge on any atom is 0.323 e. The fourth-order valence-electron chi connectivity index (χ4n) is 3.62. The average Bonchev–Trinajstić information content (AvgIpc) is 3.07. The lowest BCUT2D eigenvalue weighted by molar-refractivity contribution is -0.136. The monoisotopic (exact) mass is 434 g/mol. The summed E-state index contributed by atoms with van der Waals surface area (Å²) in [7, 11) is 3.44. The Kier molecular flexibility index (Phi) is 7.10. The number of anilines is 2. The van der Waals surface area contributed by atoms with Crippen LogP contribution in [-0.2, 0) is 14.4 Å². The summed E-state index contributed by atoms with van der Waals surface area (Å²) < 4.78 is 0. The molecule has 0 heterocycles. The number of likely N-dealkylation sites (N-methyl/N-ethyl adjacent to an activating group) is 2. The van der Waals surface area contributed by atoms with Crippen LogP contribution in [0.4, 0.5) is 11.4 Å². The zero-order valence-electron chi connectivity index (χ0n) is 18.1. The lowest BCUT2D eigenvalue weighted by Gasteiger charge is -2.16. The molecule has 0 saturated heterocycles. The largest absolute Gasteiger partial charge is 0.480 e. The molecule has 0 radical (unpaired) electrons. The first-order valence-electron chi connectivity index (χ1n) is 10.2. The molecular formula is C25H26N2O5.